The monoisotopic (exact) mass is 116 g/mol. The molecule has 1 atom stereocenters. The third-order valence-electron chi connectivity index (χ3n) is 1.13. The zero-order valence-corrected chi connectivity index (χ0v) is 5.99. The molecule has 0 aliphatic rings. The number of hydrogen-bond donors (Lipinski definition) is 2. The van der Waals surface area contributed by atoms with Gasteiger partial charge in [0, 0.05) is 0 Å². The summed E-state index contributed by atoms with van der Waals surface area (Å²) in [5.41, 5.74) is 0. The van der Waals surface area contributed by atoms with Gasteiger partial charge in [-0.1, -0.05) is 6.92 Å². The fourth-order valence-electron chi connectivity index (χ4n) is 0.463. The predicted molar refractivity (Wildman–Crippen MR) is 36.8 cm³/mol. The number of nitrogens with one attached hydrogen (secondary N) is 2. The summed E-state index contributed by atoms with van der Waals surface area (Å²) in [6, 6.07) is 0. The van der Waals surface area contributed by atoms with Crippen LogP contribution in [-0.2, 0) is 0 Å². The maximum Gasteiger partial charge on any atom is 0.0540 e. The van der Waals surface area contributed by atoms with E-state index in [2.05, 4.69) is 24.5 Å². The fraction of sp³-hybridized carbons (Fsp3) is 1.00. The molecule has 0 spiro atoms. The summed E-state index contributed by atoms with van der Waals surface area (Å²) in [6.45, 7) is 5.37. The van der Waals surface area contributed by atoms with Gasteiger partial charge in [0.1, 0.15) is 0 Å². The van der Waals surface area contributed by atoms with Gasteiger partial charge in [-0.3, -0.25) is 0 Å². The van der Waals surface area contributed by atoms with Gasteiger partial charge in [0.05, 0.1) is 6.17 Å². The van der Waals surface area contributed by atoms with Gasteiger partial charge in [0.25, 0.3) is 0 Å². The molecule has 2 nitrogen and oxygen atoms in total. The van der Waals surface area contributed by atoms with Crippen molar-refractivity contribution in [3.8, 4) is 0 Å². The van der Waals surface area contributed by atoms with Gasteiger partial charge in [-0.15, -0.1) is 0 Å². The molecule has 0 rings (SSSR count). The van der Waals surface area contributed by atoms with E-state index in [1.807, 2.05) is 7.05 Å². The first-order chi connectivity index (χ1) is 3.81. The lowest BCUT2D eigenvalue weighted by Gasteiger charge is -2.10. The van der Waals surface area contributed by atoms with Crippen molar-refractivity contribution in [3.05, 3.63) is 0 Å². The van der Waals surface area contributed by atoms with Crippen molar-refractivity contribution in [1.82, 2.24) is 10.6 Å². The molecule has 0 saturated heterocycles. The molecule has 0 saturated carbocycles. The average molecular weight is 116 g/mol. The minimum Gasteiger partial charge on any atom is -0.305 e. The Labute approximate surface area is 51.7 Å². The van der Waals surface area contributed by atoms with Crippen LogP contribution in [0.1, 0.15) is 20.3 Å². The molecule has 0 amide bonds. The standard InChI is InChI=1S/C6H16N2/c1-4-5-8-6(2)7-3/h6-8H,4-5H2,1-3H3. The van der Waals surface area contributed by atoms with Crippen LogP contribution in [0.25, 0.3) is 0 Å². The zero-order valence-electron chi connectivity index (χ0n) is 5.99. The summed E-state index contributed by atoms with van der Waals surface area (Å²) in [7, 11) is 1.95. The molecule has 0 aromatic heterocycles. The summed E-state index contributed by atoms with van der Waals surface area (Å²) in [6.07, 6.45) is 1.65. The van der Waals surface area contributed by atoms with E-state index >= 15 is 0 Å². The first-order valence-electron chi connectivity index (χ1n) is 3.22. The molecule has 0 bridgehead atoms. The minimum atomic E-state index is 0.454. The van der Waals surface area contributed by atoms with E-state index in [1.165, 1.54) is 6.42 Å². The summed E-state index contributed by atoms with van der Waals surface area (Å²) >= 11 is 0. The molecule has 2 N–H and O–H groups in total. The van der Waals surface area contributed by atoms with Crippen molar-refractivity contribution in [1.29, 1.82) is 0 Å². The van der Waals surface area contributed by atoms with E-state index < -0.39 is 0 Å². The molecular weight excluding hydrogens is 100 g/mol. The Balaban J connectivity index is 2.86. The van der Waals surface area contributed by atoms with Gasteiger partial charge in [-0.25, -0.2) is 0 Å². The highest BCUT2D eigenvalue weighted by molar-refractivity contribution is 4.51. The molecular formula is C6H16N2. The van der Waals surface area contributed by atoms with Gasteiger partial charge in [-0.05, 0) is 26.9 Å². The highest BCUT2D eigenvalue weighted by Gasteiger charge is 1.90. The van der Waals surface area contributed by atoms with E-state index in [-0.39, 0.29) is 0 Å². The van der Waals surface area contributed by atoms with E-state index in [0.717, 1.165) is 6.54 Å². The largest absolute Gasteiger partial charge is 0.305 e. The third kappa shape index (κ3) is 4.09. The molecule has 0 heterocycles. The first kappa shape index (κ1) is 7.92. The molecule has 0 aliphatic heterocycles. The average Bonchev–Trinajstić information content (AvgIpc) is 1.83. The van der Waals surface area contributed by atoms with Gasteiger partial charge >= 0.3 is 0 Å². The maximum atomic E-state index is 3.27. The molecule has 0 aromatic carbocycles. The Morgan fingerprint density at radius 1 is 1.50 bits per heavy atom. The second-order valence-electron chi connectivity index (χ2n) is 1.96. The third-order valence-corrected chi connectivity index (χ3v) is 1.13. The molecule has 0 aromatic rings. The van der Waals surface area contributed by atoms with E-state index in [0.29, 0.717) is 6.17 Å². The van der Waals surface area contributed by atoms with Crippen LogP contribution in [0.2, 0.25) is 0 Å². The van der Waals surface area contributed by atoms with Crippen LogP contribution in [0.4, 0.5) is 0 Å². The predicted octanol–water partition coefficient (Wildman–Crippen LogP) is 0.551. The highest BCUT2D eigenvalue weighted by Crippen LogP contribution is 1.73. The molecule has 8 heavy (non-hydrogen) atoms. The van der Waals surface area contributed by atoms with Gasteiger partial charge in [-0.2, -0.15) is 0 Å². The normalized spacial score (nSPS) is 13.9. The van der Waals surface area contributed by atoms with Crippen molar-refractivity contribution in [2.45, 2.75) is 26.4 Å². The molecule has 0 fully saturated rings. The Kier molecular flexibility index (Phi) is 5.01. The molecule has 2 heteroatoms. The Hall–Kier alpha value is -0.0800. The zero-order chi connectivity index (χ0) is 6.41. The smallest absolute Gasteiger partial charge is 0.0540 e. The fourth-order valence-corrected chi connectivity index (χ4v) is 0.463. The Morgan fingerprint density at radius 3 is 2.50 bits per heavy atom. The maximum absolute atomic E-state index is 3.27. The Morgan fingerprint density at radius 2 is 2.12 bits per heavy atom. The molecule has 50 valence electrons. The van der Waals surface area contributed by atoms with E-state index in [1.54, 1.807) is 0 Å². The van der Waals surface area contributed by atoms with Crippen LogP contribution in [0.3, 0.4) is 0 Å². The van der Waals surface area contributed by atoms with Crippen molar-refractivity contribution >= 4 is 0 Å². The lowest BCUT2D eigenvalue weighted by Crippen LogP contribution is -2.37. The van der Waals surface area contributed by atoms with Crippen molar-refractivity contribution in [2.24, 2.45) is 0 Å². The lowest BCUT2D eigenvalue weighted by molar-refractivity contribution is 0.489. The van der Waals surface area contributed by atoms with Gasteiger partial charge in [0.2, 0.25) is 0 Å². The van der Waals surface area contributed by atoms with Gasteiger partial charge in [0.15, 0.2) is 0 Å². The van der Waals surface area contributed by atoms with Crippen molar-refractivity contribution in [3.63, 3.8) is 0 Å². The topological polar surface area (TPSA) is 24.1 Å². The van der Waals surface area contributed by atoms with Crippen molar-refractivity contribution in [2.75, 3.05) is 13.6 Å². The van der Waals surface area contributed by atoms with Crippen LogP contribution in [0.15, 0.2) is 0 Å². The quantitative estimate of drug-likeness (QED) is 0.524. The molecule has 0 aliphatic carbocycles. The van der Waals surface area contributed by atoms with E-state index in [4.69, 9.17) is 0 Å². The van der Waals surface area contributed by atoms with Crippen LogP contribution in [-0.4, -0.2) is 19.8 Å². The summed E-state index contributed by atoms with van der Waals surface area (Å²) in [4.78, 5) is 0. The van der Waals surface area contributed by atoms with Crippen LogP contribution in [0, 0.1) is 0 Å². The van der Waals surface area contributed by atoms with E-state index in [9.17, 15) is 0 Å². The second-order valence-corrected chi connectivity index (χ2v) is 1.96. The molecule has 0 radical (unpaired) electrons. The highest BCUT2D eigenvalue weighted by atomic mass is 15.1. The lowest BCUT2D eigenvalue weighted by atomic mass is 10.4. The number of hydrogen-bond acceptors (Lipinski definition) is 2. The number of rotatable bonds is 4. The summed E-state index contributed by atoms with van der Waals surface area (Å²) in [5.74, 6) is 0. The second kappa shape index (κ2) is 5.06. The minimum absolute atomic E-state index is 0.454. The summed E-state index contributed by atoms with van der Waals surface area (Å²) in [5, 5.41) is 6.36. The van der Waals surface area contributed by atoms with Crippen molar-refractivity contribution < 1.29 is 0 Å². The first-order valence-corrected chi connectivity index (χ1v) is 3.22. The Bertz CT molecular complexity index is 45.8. The van der Waals surface area contributed by atoms with Crippen LogP contribution in [0.5, 0.6) is 0 Å². The SMILES string of the molecule is CCCNC(C)NC. The van der Waals surface area contributed by atoms with Crippen LogP contribution >= 0.6 is 0 Å². The van der Waals surface area contributed by atoms with Crippen LogP contribution < -0.4 is 10.6 Å². The summed E-state index contributed by atoms with van der Waals surface area (Å²) < 4.78 is 0. The van der Waals surface area contributed by atoms with Gasteiger partial charge < -0.3 is 10.6 Å². The molecule has 1 unspecified atom stereocenters.